The molecule has 0 saturated carbocycles. The Bertz CT molecular complexity index is 506. The van der Waals surface area contributed by atoms with Crippen LogP contribution in [0.1, 0.15) is 5.56 Å². The van der Waals surface area contributed by atoms with Crippen LogP contribution < -0.4 is 0 Å². The molecule has 3 nitrogen and oxygen atoms in total. The Labute approximate surface area is 80.8 Å². The molecule has 3 heteroatoms. The van der Waals surface area contributed by atoms with Crippen LogP contribution in [0.15, 0.2) is 30.3 Å². The van der Waals surface area contributed by atoms with Crippen LogP contribution in [0.25, 0.3) is 10.8 Å². The highest BCUT2D eigenvalue weighted by Crippen LogP contribution is 2.34. The summed E-state index contributed by atoms with van der Waals surface area (Å²) in [5.41, 5.74) is 0.321. The van der Waals surface area contributed by atoms with Crippen molar-refractivity contribution in [2.75, 3.05) is 0 Å². The molecular weight excluding hydrogens is 178 g/mol. The number of benzene rings is 2. The summed E-state index contributed by atoms with van der Waals surface area (Å²) in [5, 5.41) is 27.5. The first-order valence-electron chi connectivity index (χ1n) is 4.18. The van der Waals surface area contributed by atoms with Crippen LogP contribution in [0.5, 0.6) is 11.5 Å². The minimum Gasteiger partial charge on any atom is -0.507 e. The lowest BCUT2D eigenvalue weighted by molar-refractivity contribution is 0.469. The summed E-state index contributed by atoms with van der Waals surface area (Å²) >= 11 is 0. The van der Waals surface area contributed by atoms with Crippen LogP contribution in [0.4, 0.5) is 0 Å². The van der Waals surface area contributed by atoms with E-state index in [9.17, 15) is 10.2 Å². The Morgan fingerprint density at radius 2 is 1.71 bits per heavy atom. The minimum absolute atomic E-state index is 0.0356. The quantitative estimate of drug-likeness (QED) is 0.473. The van der Waals surface area contributed by atoms with E-state index in [1.807, 2.05) is 0 Å². The van der Waals surface area contributed by atoms with Crippen LogP contribution in [-0.4, -0.2) is 16.4 Å². The fourth-order valence-electron chi connectivity index (χ4n) is 1.47. The van der Waals surface area contributed by atoms with E-state index >= 15 is 0 Å². The molecule has 0 bridgehead atoms. The number of rotatable bonds is 1. The van der Waals surface area contributed by atoms with Gasteiger partial charge in [0, 0.05) is 22.6 Å². The monoisotopic (exact) mass is 187 g/mol. The molecule has 0 aliphatic carbocycles. The predicted octanol–water partition coefficient (Wildman–Crippen LogP) is 2.25. The van der Waals surface area contributed by atoms with Crippen LogP contribution in [-0.2, 0) is 0 Å². The molecule has 2 aromatic carbocycles. The van der Waals surface area contributed by atoms with Gasteiger partial charge in [0.25, 0.3) is 0 Å². The molecule has 70 valence electrons. The second kappa shape index (κ2) is 3.03. The Morgan fingerprint density at radius 1 is 1.07 bits per heavy atom. The number of aromatic hydroxyl groups is 2. The van der Waals surface area contributed by atoms with Gasteiger partial charge >= 0.3 is 0 Å². The molecule has 0 radical (unpaired) electrons. The van der Waals surface area contributed by atoms with Crippen LogP contribution in [0.3, 0.4) is 0 Å². The minimum atomic E-state index is 0.0356. The van der Waals surface area contributed by atoms with Gasteiger partial charge in [-0.25, -0.2) is 0 Å². The highest BCUT2D eigenvalue weighted by atomic mass is 16.3. The Kier molecular flexibility index (Phi) is 1.85. The van der Waals surface area contributed by atoms with Crippen molar-refractivity contribution in [2.24, 2.45) is 0 Å². The van der Waals surface area contributed by atoms with Crippen molar-refractivity contribution in [3.8, 4) is 11.5 Å². The van der Waals surface area contributed by atoms with Gasteiger partial charge in [-0.1, -0.05) is 24.3 Å². The summed E-state index contributed by atoms with van der Waals surface area (Å²) in [6.07, 6.45) is 1.02. The molecule has 0 aliphatic rings. The van der Waals surface area contributed by atoms with Gasteiger partial charge in [0.15, 0.2) is 0 Å². The van der Waals surface area contributed by atoms with Crippen molar-refractivity contribution in [1.82, 2.24) is 0 Å². The molecule has 2 aromatic rings. The average Bonchev–Trinajstić information content (AvgIpc) is 2.23. The van der Waals surface area contributed by atoms with E-state index in [0.717, 1.165) is 6.21 Å². The van der Waals surface area contributed by atoms with E-state index in [2.05, 4.69) is 0 Å². The summed E-state index contributed by atoms with van der Waals surface area (Å²) in [7, 11) is 0. The van der Waals surface area contributed by atoms with E-state index in [-0.39, 0.29) is 11.5 Å². The van der Waals surface area contributed by atoms with E-state index in [1.165, 1.54) is 6.07 Å². The number of nitrogens with one attached hydrogen (secondary N) is 1. The summed E-state index contributed by atoms with van der Waals surface area (Å²) in [6.45, 7) is 0. The number of hydrogen-bond acceptors (Lipinski definition) is 3. The van der Waals surface area contributed by atoms with Crippen molar-refractivity contribution in [3.05, 3.63) is 35.9 Å². The van der Waals surface area contributed by atoms with Gasteiger partial charge < -0.3 is 15.6 Å². The normalized spacial score (nSPS) is 10.3. The fourth-order valence-corrected chi connectivity index (χ4v) is 1.47. The molecule has 0 aliphatic heterocycles. The van der Waals surface area contributed by atoms with E-state index in [4.69, 9.17) is 5.41 Å². The topological polar surface area (TPSA) is 64.3 Å². The van der Waals surface area contributed by atoms with Gasteiger partial charge in [0.2, 0.25) is 0 Å². The average molecular weight is 187 g/mol. The SMILES string of the molecule is N=Cc1cc(O)c2ccccc2c1O. The van der Waals surface area contributed by atoms with Crippen molar-refractivity contribution in [3.63, 3.8) is 0 Å². The molecule has 0 unspecified atom stereocenters. The Hall–Kier alpha value is -2.03. The highest BCUT2D eigenvalue weighted by Gasteiger charge is 2.07. The lowest BCUT2D eigenvalue weighted by Gasteiger charge is -2.05. The third-order valence-corrected chi connectivity index (χ3v) is 2.18. The molecule has 0 saturated heterocycles. The lowest BCUT2D eigenvalue weighted by atomic mass is 10.0. The zero-order valence-corrected chi connectivity index (χ0v) is 7.36. The molecule has 3 N–H and O–H groups in total. The molecule has 0 spiro atoms. The van der Waals surface area contributed by atoms with Gasteiger partial charge in [0.05, 0.1) is 0 Å². The Balaban J connectivity index is 2.94. The van der Waals surface area contributed by atoms with Crippen LogP contribution in [0.2, 0.25) is 0 Å². The lowest BCUT2D eigenvalue weighted by Crippen LogP contribution is -1.84. The van der Waals surface area contributed by atoms with Gasteiger partial charge in [-0.05, 0) is 6.07 Å². The molecule has 0 heterocycles. The number of hydrogen-bond donors (Lipinski definition) is 3. The van der Waals surface area contributed by atoms with Crippen molar-refractivity contribution in [1.29, 1.82) is 5.41 Å². The largest absolute Gasteiger partial charge is 0.507 e. The summed E-state index contributed by atoms with van der Waals surface area (Å²) in [6, 6.07) is 8.36. The van der Waals surface area contributed by atoms with E-state index in [0.29, 0.717) is 16.3 Å². The summed E-state index contributed by atoms with van der Waals surface area (Å²) in [5.74, 6) is 0.116. The standard InChI is InChI=1S/C11H9NO2/c12-6-7-5-10(13)8-3-1-2-4-9(8)11(7)14/h1-6,12-14H. The first-order chi connectivity index (χ1) is 6.74. The molecular formula is C11H9NO2. The molecule has 0 aromatic heterocycles. The van der Waals surface area contributed by atoms with Crippen molar-refractivity contribution >= 4 is 17.0 Å². The second-order valence-corrected chi connectivity index (χ2v) is 3.02. The third kappa shape index (κ3) is 1.10. The maximum atomic E-state index is 9.71. The fraction of sp³-hybridized carbons (Fsp3) is 0. The van der Waals surface area contributed by atoms with Gasteiger partial charge in [-0.2, -0.15) is 0 Å². The summed E-state index contributed by atoms with van der Waals surface area (Å²) < 4.78 is 0. The molecule has 14 heavy (non-hydrogen) atoms. The number of fused-ring (bicyclic) bond motifs is 1. The maximum Gasteiger partial charge on any atom is 0.132 e. The number of phenolic OH excluding ortho intramolecular Hbond substituents is 2. The molecule has 0 amide bonds. The molecule has 2 rings (SSSR count). The zero-order valence-electron chi connectivity index (χ0n) is 7.36. The van der Waals surface area contributed by atoms with Gasteiger partial charge in [0.1, 0.15) is 11.5 Å². The second-order valence-electron chi connectivity index (χ2n) is 3.02. The van der Waals surface area contributed by atoms with Crippen LogP contribution in [0, 0.1) is 5.41 Å². The van der Waals surface area contributed by atoms with Crippen LogP contribution >= 0.6 is 0 Å². The first-order valence-corrected chi connectivity index (χ1v) is 4.18. The van der Waals surface area contributed by atoms with Crippen molar-refractivity contribution in [2.45, 2.75) is 0 Å². The summed E-state index contributed by atoms with van der Waals surface area (Å²) in [4.78, 5) is 0. The molecule has 0 atom stereocenters. The molecule has 0 fully saturated rings. The van der Waals surface area contributed by atoms with Gasteiger partial charge in [-0.3, -0.25) is 0 Å². The smallest absolute Gasteiger partial charge is 0.132 e. The predicted molar refractivity (Wildman–Crippen MR) is 55.2 cm³/mol. The van der Waals surface area contributed by atoms with Gasteiger partial charge in [-0.15, -0.1) is 0 Å². The first kappa shape index (κ1) is 8.56. The van der Waals surface area contributed by atoms with E-state index < -0.39 is 0 Å². The number of phenols is 2. The third-order valence-electron chi connectivity index (χ3n) is 2.18. The van der Waals surface area contributed by atoms with Crippen molar-refractivity contribution < 1.29 is 10.2 Å². The highest BCUT2D eigenvalue weighted by molar-refractivity contribution is 5.99. The Morgan fingerprint density at radius 3 is 2.36 bits per heavy atom. The van der Waals surface area contributed by atoms with E-state index in [1.54, 1.807) is 24.3 Å². The zero-order chi connectivity index (χ0) is 10.1. The maximum absolute atomic E-state index is 9.71.